The van der Waals surface area contributed by atoms with Crippen LogP contribution in [0.1, 0.15) is 25.7 Å². The Morgan fingerprint density at radius 2 is 1.48 bits per heavy atom. The lowest BCUT2D eigenvalue weighted by molar-refractivity contribution is 0.373. The van der Waals surface area contributed by atoms with Crippen LogP contribution in [0.15, 0.2) is 59.5 Å². The van der Waals surface area contributed by atoms with Crippen molar-refractivity contribution >= 4 is 10.0 Å². The molecule has 1 aliphatic rings. The zero-order chi connectivity index (χ0) is 16.3. The van der Waals surface area contributed by atoms with Crippen LogP contribution in [0.25, 0.3) is 11.1 Å². The molecule has 1 aliphatic carbocycles. The summed E-state index contributed by atoms with van der Waals surface area (Å²) in [5, 5.41) is 0. The highest BCUT2D eigenvalue weighted by Gasteiger charge is 2.26. The van der Waals surface area contributed by atoms with Crippen LogP contribution in [0.3, 0.4) is 0 Å². The van der Waals surface area contributed by atoms with Crippen molar-refractivity contribution < 1.29 is 8.42 Å². The zero-order valence-electron chi connectivity index (χ0n) is 13.0. The third-order valence-electron chi connectivity index (χ3n) is 4.36. The quantitative estimate of drug-likeness (QED) is 0.905. The second-order valence-corrected chi connectivity index (χ2v) is 7.78. The number of hydrogen-bond donors (Lipinski definition) is 2. The van der Waals surface area contributed by atoms with E-state index in [0.717, 1.165) is 36.8 Å². The molecule has 0 saturated heterocycles. The number of nitrogens with two attached hydrogens (primary N) is 1. The highest BCUT2D eigenvalue weighted by Crippen LogP contribution is 2.28. The first-order chi connectivity index (χ1) is 11.1. The van der Waals surface area contributed by atoms with Crippen LogP contribution in [0.2, 0.25) is 0 Å². The molecule has 0 radical (unpaired) electrons. The number of nitrogens with one attached hydrogen (secondary N) is 1. The van der Waals surface area contributed by atoms with Gasteiger partial charge in [0.25, 0.3) is 0 Å². The van der Waals surface area contributed by atoms with E-state index in [0.29, 0.717) is 4.90 Å². The minimum absolute atomic E-state index is 0.0244. The Hall–Kier alpha value is -1.69. The van der Waals surface area contributed by atoms with E-state index < -0.39 is 10.0 Å². The molecule has 0 unspecified atom stereocenters. The molecule has 0 aliphatic heterocycles. The van der Waals surface area contributed by atoms with Crippen LogP contribution in [0.4, 0.5) is 0 Å². The molecule has 4 nitrogen and oxygen atoms in total. The van der Waals surface area contributed by atoms with Crippen LogP contribution >= 0.6 is 0 Å². The average Bonchev–Trinajstić information content (AvgIpc) is 2.58. The van der Waals surface area contributed by atoms with Crippen molar-refractivity contribution in [2.24, 2.45) is 5.73 Å². The van der Waals surface area contributed by atoms with E-state index in [1.807, 2.05) is 42.5 Å². The van der Waals surface area contributed by atoms with Gasteiger partial charge in [-0.05, 0) is 37.3 Å². The molecule has 1 saturated carbocycles. The first-order valence-corrected chi connectivity index (χ1v) is 9.47. The van der Waals surface area contributed by atoms with Crippen molar-refractivity contribution in [2.75, 3.05) is 0 Å². The SMILES string of the molecule is NC1CCC(NS(=O)(=O)c2ccccc2-c2ccccc2)CC1. The average molecular weight is 330 g/mol. The smallest absolute Gasteiger partial charge is 0.241 e. The highest BCUT2D eigenvalue weighted by molar-refractivity contribution is 7.89. The number of sulfonamides is 1. The van der Waals surface area contributed by atoms with E-state index >= 15 is 0 Å². The van der Waals surface area contributed by atoms with Crippen molar-refractivity contribution in [1.29, 1.82) is 0 Å². The molecule has 0 heterocycles. The van der Waals surface area contributed by atoms with Gasteiger partial charge in [0, 0.05) is 17.6 Å². The Morgan fingerprint density at radius 1 is 0.870 bits per heavy atom. The summed E-state index contributed by atoms with van der Waals surface area (Å²) >= 11 is 0. The van der Waals surface area contributed by atoms with Crippen molar-refractivity contribution in [2.45, 2.75) is 42.7 Å². The largest absolute Gasteiger partial charge is 0.328 e. The van der Waals surface area contributed by atoms with Gasteiger partial charge < -0.3 is 5.73 Å². The van der Waals surface area contributed by atoms with E-state index in [1.54, 1.807) is 12.1 Å². The fraction of sp³-hybridized carbons (Fsp3) is 0.333. The number of rotatable bonds is 4. The van der Waals surface area contributed by atoms with Crippen LogP contribution < -0.4 is 10.5 Å². The molecule has 3 N–H and O–H groups in total. The lowest BCUT2D eigenvalue weighted by Crippen LogP contribution is -2.40. The molecule has 5 heteroatoms. The van der Waals surface area contributed by atoms with Gasteiger partial charge in [0.1, 0.15) is 0 Å². The van der Waals surface area contributed by atoms with Crippen LogP contribution in [0.5, 0.6) is 0 Å². The summed E-state index contributed by atoms with van der Waals surface area (Å²) in [6.45, 7) is 0. The van der Waals surface area contributed by atoms with Crippen molar-refractivity contribution in [3.8, 4) is 11.1 Å². The maximum atomic E-state index is 12.8. The van der Waals surface area contributed by atoms with Gasteiger partial charge in [0.2, 0.25) is 10.0 Å². The highest BCUT2D eigenvalue weighted by atomic mass is 32.2. The molecule has 0 aromatic heterocycles. The third kappa shape index (κ3) is 3.80. The molecule has 2 aromatic rings. The van der Waals surface area contributed by atoms with Gasteiger partial charge in [-0.1, -0.05) is 48.5 Å². The van der Waals surface area contributed by atoms with Gasteiger partial charge in [0.05, 0.1) is 4.90 Å². The third-order valence-corrected chi connectivity index (χ3v) is 5.93. The van der Waals surface area contributed by atoms with E-state index in [1.165, 1.54) is 0 Å². The van der Waals surface area contributed by atoms with Crippen molar-refractivity contribution in [1.82, 2.24) is 4.72 Å². The monoisotopic (exact) mass is 330 g/mol. The van der Waals surface area contributed by atoms with Crippen LogP contribution in [-0.4, -0.2) is 20.5 Å². The number of benzene rings is 2. The summed E-state index contributed by atoms with van der Waals surface area (Å²) in [7, 11) is -3.55. The molecule has 122 valence electrons. The molecule has 0 amide bonds. The summed E-state index contributed by atoms with van der Waals surface area (Å²) in [5.41, 5.74) is 7.53. The second-order valence-electron chi connectivity index (χ2n) is 6.10. The lowest BCUT2D eigenvalue weighted by atomic mass is 9.93. The first kappa shape index (κ1) is 16.2. The van der Waals surface area contributed by atoms with Gasteiger partial charge in [-0.25, -0.2) is 13.1 Å². The van der Waals surface area contributed by atoms with E-state index in [9.17, 15) is 8.42 Å². The minimum Gasteiger partial charge on any atom is -0.328 e. The van der Waals surface area contributed by atoms with E-state index in [4.69, 9.17) is 5.73 Å². The first-order valence-electron chi connectivity index (χ1n) is 7.98. The summed E-state index contributed by atoms with van der Waals surface area (Å²) in [6.07, 6.45) is 3.34. The Bertz CT molecular complexity index is 752. The summed E-state index contributed by atoms with van der Waals surface area (Å²) in [5.74, 6) is 0. The molecule has 0 atom stereocenters. The molecule has 0 spiro atoms. The summed E-state index contributed by atoms with van der Waals surface area (Å²) in [4.78, 5) is 0.334. The normalized spacial score (nSPS) is 22.0. The fourth-order valence-electron chi connectivity index (χ4n) is 3.08. The van der Waals surface area contributed by atoms with Gasteiger partial charge in [-0.2, -0.15) is 0 Å². The zero-order valence-corrected chi connectivity index (χ0v) is 13.8. The molecular weight excluding hydrogens is 308 g/mol. The topological polar surface area (TPSA) is 72.2 Å². The summed E-state index contributed by atoms with van der Waals surface area (Å²) in [6, 6.07) is 16.9. The molecule has 2 aromatic carbocycles. The second kappa shape index (κ2) is 6.83. The molecule has 0 bridgehead atoms. The Morgan fingerprint density at radius 3 is 2.17 bits per heavy atom. The van der Waals surface area contributed by atoms with Gasteiger partial charge in [0.15, 0.2) is 0 Å². The lowest BCUT2D eigenvalue weighted by Gasteiger charge is -2.27. The molecule has 1 fully saturated rings. The predicted molar refractivity (Wildman–Crippen MR) is 92.4 cm³/mol. The van der Waals surface area contributed by atoms with Crippen LogP contribution in [0, 0.1) is 0 Å². The maximum Gasteiger partial charge on any atom is 0.241 e. The summed E-state index contributed by atoms with van der Waals surface area (Å²) < 4.78 is 28.5. The maximum absolute atomic E-state index is 12.8. The van der Waals surface area contributed by atoms with Crippen molar-refractivity contribution in [3.63, 3.8) is 0 Å². The van der Waals surface area contributed by atoms with E-state index in [-0.39, 0.29) is 12.1 Å². The van der Waals surface area contributed by atoms with Gasteiger partial charge >= 0.3 is 0 Å². The minimum atomic E-state index is -3.55. The van der Waals surface area contributed by atoms with Crippen LogP contribution in [-0.2, 0) is 10.0 Å². The Balaban J connectivity index is 1.89. The Labute approximate surface area is 137 Å². The fourth-order valence-corrected chi connectivity index (χ4v) is 4.61. The van der Waals surface area contributed by atoms with Gasteiger partial charge in [-0.3, -0.25) is 0 Å². The standard InChI is InChI=1S/C18H22N2O2S/c19-15-10-12-16(13-11-15)20-23(21,22)18-9-5-4-8-17(18)14-6-2-1-3-7-14/h1-9,15-16,20H,10-13,19H2. The van der Waals surface area contributed by atoms with E-state index in [2.05, 4.69) is 4.72 Å². The van der Waals surface area contributed by atoms with Crippen molar-refractivity contribution in [3.05, 3.63) is 54.6 Å². The molecule has 3 rings (SSSR count). The predicted octanol–water partition coefficient (Wildman–Crippen LogP) is 2.90. The Kier molecular flexibility index (Phi) is 4.80. The molecular formula is C18H22N2O2S. The number of hydrogen-bond acceptors (Lipinski definition) is 3. The molecule has 23 heavy (non-hydrogen) atoms. The van der Waals surface area contributed by atoms with Gasteiger partial charge in [-0.15, -0.1) is 0 Å².